The number of hydrogen-bond donors (Lipinski definition) is 0. The van der Waals surface area contributed by atoms with Gasteiger partial charge in [-0.2, -0.15) is 0 Å². The summed E-state index contributed by atoms with van der Waals surface area (Å²) in [5.41, 5.74) is 0.773. The zero-order chi connectivity index (χ0) is 13.1. The number of amides is 1. The molecule has 0 bridgehead atoms. The van der Waals surface area contributed by atoms with E-state index in [9.17, 15) is 4.79 Å². The number of likely N-dealkylation sites (N-methyl/N-ethyl adjacent to an activating group) is 1. The fourth-order valence-electron chi connectivity index (χ4n) is 2.50. The molecule has 4 heteroatoms. The van der Waals surface area contributed by atoms with Crippen LogP contribution in [0.5, 0.6) is 0 Å². The summed E-state index contributed by atoms with van der Waals surface area (Å²) in [7, 11) is 4.11. The maximum atomic E-state index is 12.5. The van der Waals surface area contributed by atoms with Crippen LogP contribution >= 0.6 is 15.9 Å². The Morgan fingerprint density at radius 1 is 1.50 bits per heavy atom. The molecule has 1 saturated heterocycles. The molecule has 0 aromatic heterocycles. The van der Waals surface area contributed by atoms with E-state index in [1.165, 1.54) is 0 Å². The summed E-state index contributed by atoms with van der Waals surface area (Å²) < 4.78 is 0.955. The van der Waals surface area contributed by atoms with Gasteiger partial charge in [-0.25, -0.2) is 0 Å². The second-order valence-electron chi connectivity index (χ2n) is 5.07. The highest BCUT2D eigenvalue weighted by molar-refractivity contribution is 9.10. The van der Waals surface area contributed by atoms with Crippen molar-refractivity contribution in [3.05, 3.63) is 34.3 Å². The van der Waals surface area contributed by atoms with Crippen LogP contribution in [0.15, 0.2) is 28.7 Å². The molecule has 18 heavy (non-hydrogen) atoms. The largest absolute Gasteiger partial charge is 0.334 e. The van der Waals surface area contributed by atoms with Gasteiger partial charge in [-0.1, -0.05) is 22.0 Å². The molecule has 3 nitrogen and oxygen atoms in total. The molecule has 1 atom stereocenters. The van der Waals surface area contributed by atoms with E-state index >= 15 is 0 Å². The zero-order valence-corrected chi connectivity index (χ0v) is 12.5. The highest BCUT2D eigenvalue weighted by Crippen LogP contribution is 2.22. The van der Waals surface area contributed by atoms with Gasteiger partial charge in [0.1, 0.15) is 0 Å². The second kappa shape index (κ2) is 5.85. The van der Waals surface area contributed by atoms with Crippen LogP contribution in [0, 0.1) is 0 Å². The van der Waals surface area contributed by atoms with Crippen molar-refractivity contribution in [3.8, 4) is 0 Å². The number of carbonyl (C=O) groups excluding carboxylic acids is 1. The molecule has 98 valence electrons. The van der Waals surface area contributed by atoms with Gasteiger partial charge in [0.15, 0.2) is 0 Å². The summed E-state index contributed by atoms with van der Waals surface area (Å²) in [6.07, 6.45) is 2.22. The lowest BCUT2D eigenvalue weighted by atomic mass is 10.1. The fourth-order valence-corrected chi connectivity index (χ4v) is 2.90. The highest BCUT2D eigenvalue weighted by Gasteiger charge is 2.29. The molecular formula is C14H19BrN2O. The summed E-state index contributed by atoms with van der Waals surface area (Å²) in [6.45, 7) is 1.82. The molecule has 0 saturated carbocycles. The molecule has 1 aliphatic heterocycles. The van der Waals surface area contributed by atoms with Gasteiger partial charge in [0, 0.05) is 29.2 Å². The molecule has 1 heterocycles. The molecule has 1 unspecified atom stereocenters. The van der Waals surface area contributed by atoms with Crippen LogP contribution in [0.1, 0.15) is 23.2 Å². The first-order chi connectivity index (χ1) is 8.58. The van der Waals surface area contributed by atoms with Gasteiger partial charge in [-0.3, -0.25) is 4.79 Å². The van der Waals surface area contributed by atoms with Crippen molar-refractivity contribution >= 4 is 21.8 Å². The van der Waals surface area contributed by atoms with E-state index in [1.807, 2.05) is 29.2 Å². The average molecular weight is 311 g/mol. The van der Waals surface area contributed by atoms with Crippen molar-refractivity contribution in [1.29, 1.82) is 0 Å². The SMILES string of the molecule is CN(C)CC1CCCN1C(=O)c1cccc(Br)c1. The average Bonchev–Trinajstić information content (AvgIpc) is 2.75. The molecule has 1 aromatic carbocycles. The Hall–Kier alpha value is -0.870. The van der Waals surface area contributed by atoms with Crippen LogP contribution in [-0.2, 0) is 0 Å². The first kappa shape index (κ1) is 13.6. The van der Waals surface area contributed by atoms with Gasteiger partial charge in [0.25, 0.3) is 5.91 Å². The smallest absolute Gasteiger partial charge is 0.254 e. The fraction of sp³-hybridized carbons (Fsp3) is 0.500. The van der Waals surface area contributed by atoms with E-state index in [2.05, 4.69) is 34.9 Å². The Labute approximate surface area is 117 Å². The molecule has 1 fully saturated rings. The molecule has 0 spiro atoms. The van der Waals surface area contributed by atoms with E-state index < -0.39 is 0 Å². The van der Waals surface area contributed by atoms with Crippen LogP contribution < -0.4 is 0 Å². The van der Waals surface area contributed by atoms with E-state index in [4.69, 9.17) is 0 Å². The topological polar surface area (TPSA) is 23.6 Å². The minimum absolute atomic E-state index is 0.153. The maximum absolute atomic E-state index is 12.5. The van der Waals surface area contributed by atoms with E-state index in [0.29, 0.717) is 6.04 Å². The van der Waals surface area contributed by atoms with Gasteiger partial charge in [-0.05, 0) is 45.1 Å². The van der Waals surface area contributed by atoms with Crippen molar-refractivity contribution in [1.82, 2.24) is 9.80 Å². The van der Waals surface area contributed by atoms with E-state index in [1.54, 1.807) is 0 Å². The van der Waals surface area contributed by atoms with Gasteiger partial charge in [0.05, 0.1) is 0 Å². The Balaban J connectivity index is 2.12. The molecule has 1 aliphatic rings. The Morgan fingerprint density at radius 2 is 2.28 bits per heavy atom. The number of halogens is 1. The lowest BCUT2D eigenvalue weighted by molar-refractivity contribution is 0.0716. The predicted molar refractivity (Wildman–Crippen MR) is 76.8 cm³/mol. The summed E-state index contributed by atoms with van der Waals surface area (Å²) >= 11 is 3.42. The van der Waals surface area contributed by atoms with Crippen molar-refractivity contribution < 1.29 is 4.79 Å². The molecule has 1 amide bonds. The molecular weight excluding hydrogens is 292 g/mol. The number of rotatable bonds is 3. The Kier molecular flexibility index (Phi) is 4.40. The van der Waals surface area contributed by atoms with Crippen LogP contribution in [0.2, 0.25) is 0 Å². The van der Waals surface area contributed by atoms with Crippen LogP contribution in [-0.4, -0.2) is 48.9 Å². The number of benzene rings is 1. The quantitative estimate of drug-likeness (QED) is 0.857. The Morgan fingerprint density at radius 3 is 2.94 bits per heavy atom. The number of hydrogen-bond acceptors (Lipinski definition) is 2. The minimum atomic E-state index is 0.153. The normalized spacial score (nSPS) is 19.6. The highest BCUT2D eigenvalue weighted by atomic mass is 79.9. The van der Waals surface area contributed by atoms with Gasteiger partial charge in [-0.15, -0.1) is 0 Å². The van der Waals surface area contributed by atoms with Crippen LogP contribution in [0.25, 0.3) is 0 Å². The molecule has 0 radical (unpaired) electrons. The molecule has 0 N–H and O–H groups in total. The van der Waals surface area contributed by atoms with Crippen molar-refractivity contribution in [2.75, 3.05) is 27.2 Å². The molecule has 2 rings (SSSR count). The van der Waals surface area contributed by atoms with Gasteiger partial charge >= 0.3 is 0 Å². The van der Waals surface area contributed by atoms with Crippen LogP contribution in [0.4, 0.5) is 0 Å². The lowest BCUT2D eigenvalue weighted by Crippen LogP contribution is -2.41. The zero-order valence-electron chi connectivity index (χ0n) is 10.9. The second-order valence-corrected chi connectivity index (χ2v) is 5.98. The standard InChI is InChI=1S/C14H19BrN2O/c1-16(2)10-13-7-4-8-17(13)14(18)11-5-3-6-12(15)9-11/h3,5-6,9,13H,4,7-8,10H2,1-2H3. The van der Waals surface area contributed by atoms with Gasteiger partial charge in [0.2, 0.25) is 0 Å². The summed E-state index contributed by atoms with van der Waals surface area (Å²) in [5.74, 6) is 0.153. The number of carbonyl (C=O) groups is 1. The third-order valence-electron chi connectivity index (χ3n) is 3.29. The van der Waals surface area contributed by atoms with Crippen molar-refractivity contribution in [2.24, 2.45) is 0 Å². The monoisotopic (exact) mass is 310 g/mol. The molecule has 0 aliphatic carbocycles. The minimum Gasteiger partial charge on any atom is -0.334 e. The number of nitrogens with zero attached hydrogens (tertiary/aromatic N) is 2. The van der Waals surface area contributed by atoms with Crippen molar-refractivity contribution in [3.63, 3.8) is 0 Å². The first-order valence-corrected chi connectivity index (χ1v) is 7.08. The third kappa shape index (κ3) is 3.12. The van der Waals surface area contributed by atoms with Crippen molar-refractivity contribution in [2.45, 2.75) is 18.9 Å². The summed E-state index contributed by atoms with van der Waals surface area (Å²) in [5, 5.41) is 0. The number of likely N-dealkylation sites (tertiary alicyclic amines) is 1. The van der Waals surface area contributed by atoms with Crippen LogP contribution in [0.3, 0.4) is 0 Å². The predicted octanol–water partition coefficient (Wildman–Crippen LogP) is 2.62. The summed E-state index contributed by atoms with van der Waals surface area (Å²) in [6, 6.07) is 7.99. The lowest BCUT2D eigenvalue weighted by Gasteiger charge is -2.27. The van der Waals surface area contributed by atoms with E-state index in [0.717, 1.165) is 36.0 Å². The maximum Gasteiger partial charge on any atom is 0.254 e. The third-order valence-corrected chi connectivity index (χ3v) is 3.78. The van der Waals surface area contributed by atoms with E-state index in [-0.39, 0.29) is 5.91 Å². The Bertz CT molecular complexity index is 434. The molecule has 1 aromatic rings. The first-order valence-electron chi connectivity index (χ1n) is 6.29. The summed E-state index contributed by atoms with van der Waals surface area (Å²) in [4.78, 5) is 16.6. The van der Waals surface area contributed by atoms with Gasteiger partial charge < -0.3 is 9.80 Å².